The Balaban J connectivity index is 1.07. The van der Waals surface area contributed by atoms with Gasteiger partial charge in [-0.05, 0) is 168 Å². The average Bonchev–Trinajstić information content (AvgIpc) is 3.55. The van der Waals surface area contributed by atoms with E-state index in [-0.39, 0.29) is 71.4 Å². The summed E-state index contributed by atoms with van der Waals surface area (Å²) in [6.07, 6.45) is 19.6. The van der Waals surface area contributed by atoms with Gasteiger partial charge in [0.25, 0.3) is 0 Å². The molecule has 0 spiro atoms. The van der Waals surface area contributed by atoms with Crippen molar-refractivity contribution in [2.45, 2.75) is 220 Å². The zero-order chi connectivity index (χ0) is 43.8. The van der Waals surface area contributed by atoms with Crippen LogP contribution in [-0.2, 0) is 19.1 Å². The quantitative estimate of drug-likeness (QED) is 0.0841. The van der Waals surface area contributed by atoms with Crippen molar-refractivity contribution in [1.29, 1.82) is 0 Å². The molecule has 0 saturated heterocycles. The Labute approximate surface area is 364 Å². The normalized spacial score (nSPS) is 40.8. The molecule has 4 saturated carbocycles. The Kier molecular flexibility index (Phi) is 15.2. The fraction of sp³-hybridized carbons (Fsp3) is 0.885. The lowest BCUT2D eigenvalue weighted by molar-refractivity contribution is -0.198. The maximum absolute atomic E-state index is 13.8. The molecule has 0 aromatic carbocycles. The minimum atomic E-state index is -1.03. The molecule has 0 bridgehead atoms. The van der Waals surface area contributed by atoms with Crippen LogP contribution in [0.15, 0.2) is 23.8 Å². The number of ether oxygens (including phenoxy) is 2. The molecule has 8 nitrogen and oxygen atoms in total. The van der Waals surface area contributed by atoms with E-state index in [1.807, 2.05) is 20.8 Å². The van der Waals surface area contributed by atoms with E-state index in [4.69, 9.17) is 9.47 Å². The molecule has 0 aromatic rings. The number of carbonyl (C=O) groups excluding carboxylic acids is 2. The van der Waals surface area contributed by atoms with Gasteiger partial charge in [-0.3, -0.25) is 9.59 Å². The number of hydrogen-bond acceptors (Lipinski definition) is 8. The Morgan fingerprint density at radius 3 is 2.30 bits per heavy atom. The molecule has 0 aromatic heterocycles. The van der Waals surface area contributed by atoms with E-state index >= 15 is 0 Å². The number of rotatable bonds is 17. The number of fused-ring (bicyclic) bond motifs is 6. The monoisotopic (exact) mass is 839 g/mol. The van der Waals surface area contributed by atoms with Gasteiger partial charge in [0.1, 0.15) is 12.2 Å². The van der Waals surface area contributed by atoms with Gasteiger partial charge in [0.05, 0.1) is 35.7 Å². The van der Waals surface area contributed by atoms with Gasteiger partial charge < -0.3 is 29.9 Å². The number of hydrogen-bond donors (Lipinski definition) is 4. The van der Waals surface area contributed by atoms with Gasteiger partial charge in [0, 0.05) is 11.8 Å². The van der Waals surface area contributed by atoms with E-state index < -0.39 is 35.3 Å². The SMILES string of the molecule is CCCCCC[C@](C)(O)[C@H]1CCC2C3C[C@H](OC(=O)C[C@H](O)C[C@H](O)CC[C@@H]4[C@@H]5C(=C[C@H](C)C[C@@H]5OC(=O)C(C)(C)CC)C=C[C@@H]4C)[C@H]4C[C@@H](O)CC[C@]4(C)C3CC[C@@]21C. The third kappa shape index (κ3) is 9.97. The Morgan fingerprint density at radius 1 is 0.867 bits per heavy atom. The van der Waals surface area contributed by atoms with Gasteiger partial charge in [-0.15, -0.1) is 0 Å². The lowest BCUT2D eigenvalue weighted by Crippen LogP contribution is -2.59. The van der Waals surface area contributed by atoms with Gasteiger partial charge >= 0.3 is 11.9 Å². The number of aliphatic hydroxyl groups excluding tert-OH is 3. The summed E-state index contributed by atoms with van der Waals surface area (Å²) >= 11 is 0. The molecule has 6 aliphatic rings. The first-order valence-corrected chi connectivity index (χ1v) is 24.8. The van der Waals surface area contributed by atoms with Crippen LogP contribution >= 0.6 is 0 Å². The summed E-state index contributed by atoms with van der Waals surface area (Å²) < 4.78 is 12.7. The van der Waals surface area contributed by atoms with Gasteiger partial charge in [-0.1, -0.05) is 85.5 Å². The average molecular weight is 839 g/mol. The van der Waals surface area contributed by atoms with E-state index in [1.54, 1.807) is 0 Å². The van der Waals surface area contributed by atoms with Crippen LogP contribution in [0.4, 0.5) is 0 Å². The van der Waals surface area contributed by atoms with Crippen LogP contribution in [0, 0.1) is 69.5 Å². The summed E-state index contributed by atoms with van der Waals surface area (Å²) in [7, 11) is 0. The Morgan fingerprint density at radius 2 is 1.58 bits per heavy atom. The summed E-state index contributed by atoms with van der Waals surface area (Å²) in [5, 5.41) is 45.4. The van der Waals surface area contributed by atoms with Crippen molar-refractivity contribution >= 4 is 11.9 Å². The van der Waals surface area contributed by atoms with Gasteiger partial charge in [-0.2, -0.15) is 0 Å². The molecule has 17 atom stereocenters. The summed E-state index contributed by atoms with van der Waals surface area (Å²) in [6, 6.07) is 0. The Hall–Kier alpha value is -1.74. The smallest absolute Gasteiger partial charge is 0.311 e. The van der Waals surface area contributed by atoms with Crippen molar-refractivity contribution in [3.63, 3.8) is 0 Å². The van der Waals surface area contributed by atoms with Gasteiger partial charge in [-0.25, -0.2) is 0 Å². The summed E-state index contributed by atoms with van der Waals surface area (Å²) in [4.78, 5) is 27.0. The van der Waals surface area contributed by atoms with Crippen LogP contribution in [0.25, 0.3) is 0 Å². The lowest BCUT2D eigenvalue weighted by Gasteiger charge is -2.63. The summed E-state index contributed by atoms with van der Waals surface area (Å²) in [6.45, 7) is 19.5. The van der Waals surface area contributed by atoms with Crippen molar-refractivity contribution in [1.82, 2.24) is 0 Å². The number of carbonyl (C=O) groups is 2. The highest BCUT2D eigenvalue weighted by Crippen LogP contribution is 2.69. The van der Waals surface area contributed by atoms with Crippen molar-refractivity contribution in [3.8, 4) is 0 Å². The second-order valence-electron chi connectivity index (χ2n) is 22.8. The molecule has 4 N–H and O–H groups in total. The molecule has 342 valence electrons. The van der Waals surface area contributed by atoms with E-state index in [0.717, 1.165) is 64.2 Å². The topological polar surface area (TPSA) is 134 Å². The summed E-state index contributed by atoms with van der Waals surface area (Å²) in [5.41, 5.74) is -0.00958. The molecule has 0 heterocycles. The fourth-order valence-electron chi connectivity index (χ4n) is 14.5. The zero-order valence-electron chi connectivity index (χ0n) is 39.2. The van der Waals surface area contributed by atoms with E-state index in [2.05, 4.69) is 59.8 Å². The molecule has 8 heteroatoms. The second-order valence-corrected chi connectivity index (χ2v) is 22.8. The molecule has 6 rings (SSSR count). The third-order valence-corrected chi connectivity index (χ3v) is 18.3. The predicted molar refractivity (Wildman–Crippen MR) is 237 cm³/mol. The van der Waals surface area contributed by atoms with Crippen molar-refractivity contribution in [2.24, 2.45) is 69.5 Å². The molecule has 0 amide bonds. The van der Waals surface area contributed by atoms with Crippen LogP contribution in [0.3, 0.4) is 0 Å². The maximum atomic E-state index is 13.8. The first-order chi connectivity index (χ1) is 28.2. The molecule has 0 radical (unpaired) electrons. The van der Waals surface area contributed by atoms with Crippen LogP contribution in [0.2, 0.25) is 0 Å². The first kappa shape index (κ1) is 47.7. The van der Waals surface area contributed by atoms with E-state index in [0.29, 0.717) is 49.4 Å². The highest BCUT2D eigenvalue weighted by Gasteiger charge is 2.64. The first-order valence-electron chi connectivity index (χ1n) is 24.8. The van der Waals surface area contributed by atoms with Gasteiger partial charge in [0.15, 0.2) is 0 Å². The number of allylic oxidation sites excluding steroid dienone is 3. The van der Waals surface area contributed by atoms with Gasteiger partial charge in [0.2, 0.25) is 0 Å². The zero-order valence-corrected chi connectivity index (χ0v) is 39.2. The molecule has 6 aliphatic carbocycles. The van der Waals surface area contributed by atoms with E-state index in [1.165, 1.54) is 24.8 Å². The number of aliphatic hydroxyl groups is 4. The second kappa shape index (κ2) is 19.2. The van der Waals surface area contributed by atoms with Crippen LogP contribution in [0.5, 0.6) is 0 Å². The molecular weight excluding hydrogens is 753 g/mol. The Bertz CT molecular complexity index is 1530. The minimum Gasteiger partial charge on any atom is -0.462 e. The number of esters is 2. The lowest BCUT2D eigenvalue weighted by atomic mass is 9.43. The highest BCUT2D eigenvalue weighted by molar-refractivity contribution is 5.76. The van der Waals surface area contributed by atoms with Crippen LogP contribution < -0.4 is 0 Å². The third-order valence-electron chi connectivity index (χ3n) is 18.3. The van der Waals surface area contributed by atoms with Crippen LogP contribution in [0.1, 0.15) is 184 Å². The number of unbranched alkanes of at least 4 members (excludes halogenated alkanes) is 3. The standard InChI is InChI=1S/C52H86O8/c1-10-12-13-14-23-52(9,58)45-20-19-40-39-31-43(42-29-36(54)21-24-50(42,7)41(39)22-25-51(40,45)8)59-46(56)30-37(55)28-35(53)17-18-38-33(4)15-16-34-26-32(3)27-44(47(34)38)60-48(57)49(5,6)11-2/h15-16,26,32-33,35-45,47,53-55,58H,10-14,17-25,27-31H2,1-9H3/t32-,33-,35+,36-,37+,38-,39?,40?,41?,42+,43-,44-,45-,47-,50+,51-,52-/m0/s1. The molecule has 0 aliphatic heterocycles. The molecule has 3 unspecified atom stereocenters. The van der Waals surface area contributed by atoms with E-state index in [9.17, 15) is 30.0 Å². The molecule has 60 heavy (non-hydrogen) atoms. The largest absolute Gasteiger partial charge is 0.462 e. The van der Waals surface area contributed by atoms with Crippen molar-refractivity contribution in [2.75, 3.05) is 0 Å². The molecular formula is C52H86O8. The fourth-order valence-corrected chi connectivity index (χ4v) is 14.5. The highest BCUT2D eigenvalue weighted by atomic mass is 16.5. The maximum Gasteiger partial charge on any atom is 0.311 e. The van der Waals surface area contributed by atoms with Crippen molar-refractivity contribution in [3.05, 3.63) is 23.8 Å². The summed E-state index contributed by atoms with van der Waals surface area (Å²) in [5.74, 6) is 1.91. The van der Waals surface area contributed by atoms with Crippen LogP contribution in [-0.4, -0.2) is 68.5 Å². The predicted octanol–water partition coefficient (Wildman–Crippen LogP) is 10.3. The van der Waals surface area contributed by atoms with Crippen molar-refractivity contribution < 1.29 is 39.5 Å². The molecule has 4 fully saturated rings. The minimum absolute atomic E-state index is 0.0373.